The first-order chi connectivity index (χ1) is 4.90. The van der Waals surface area contributed by atoms with Crippen molar-refractivity contribution >= 4 is 0 Å². The summed E-state index contributed by atoms with van der Waals surface area (Å²) in [6.45, 7) is 0. The molecule has 0 aromatic rings. The van der Waals surface area contributed by atoms with Gasteiger partial charge >= 0.3 is 0 Å². The topological polar surface area (TPSA) is 27.7 Å². The van der Waals surface area contributed by atoms with Crippen LogP contribution >= 0.6 is 0 Å². The van der Waals surface area contributed by atoms with Crippen LogP contribution in [-0.2, 0) is 14.2 Å². The average Bonchev–Trinajstić information content (AvgIpc) is 1.82. The van der Waals surface area contributed by atoms with Crippen LogP contribution < -0.4 is 0 Å². The maximum absolute atomic E-state index is 5.50. The summed E-state index contributed by atoms with van der Waals surface area (Å²) >= 11 is 0. The highest BCUT2D eigenvalue weighted by Crippen LogP contribution is 2.42. The van der Waals surface area contributed by atoms with Gasteiger partial charge in [0.2, 0.25) is 0 Å². The quantitative estimate of drug-likeness (QED) is 0.499. The van der Waals surface area contributed by atoms with Gasteiger partial charge in [-0.15, -0.1) is 0 Å². The van der Waals surface area contributed by atoms with Gasteiger partial charge in [-0.05, 0) is 0 Å². The van der Waals surface area contributed by atoms with E-state index in [9.17, 15) is 0 Å². The molecule has 4 saturated heterocycles. The van der Waals surface area contributed by atoms with Gasteiger partial charge in [-0.1, -0.05) is 0 Å². The van der Waals surface area contributed by atoms with Crippen LogP contribution in [0.3, 0.4) is 0 Å². The van der Waals surface area contributed by atoms with Crippen molar-refractivity contribution in [1.29, 1.82) is 0 Å². The smallest absolute Gasteiger partial charge is 0.164 e. The minimum atomic E-state index is 0.0150. The van der Waals surface area contributed by atoms with Gasteiger partial charge in [-0.2, -0.15) is 0 Å². The van der Waals surface area contributed by atoms with E-state index in [0.29, 0.717) is 6.10 Å². The van der Waals surface area contributed by atoms with Crippen molar-refractivity contribution in [2.24, 2.45) is 0 Å². The van der Waals surface area contributed by atoms with E-state index in [0.717, 1.165) is 19.3 Å². The molecule has 0 amide bonds. The molecule has 0 aromatic heterocycles. The molecule has 0 aromatic carbocycles. The van der Waals surface area contributed by atoms with Crippen molar-refractivity contribution < 1.29 is 14.2 Å². The number of ether oxygens (including phenoxy) is 3. The molecule has 4 fully saturated rings. The minimum absolute atomic E-state index is 0.0150. The molecule has 4 bridgehead atoms. The highest BCUT2D eigenvalue weighted by molar-refractivity contribution is 4.96. The van der Waals surface area contributed by atoms with E-state index >= 15 is 0 Å². The van der Waals surface area contributed by atoms with Gasteiger partial charge in [-0.25, -0.2) is 0 Å². The Kier molecular flexibility index (Phi) is 0.952. The van der Waals surface area contributed by atoms with Crippen molar-refractivity contribution in [3.8, 4) is 0 Å². The Morgan fingerprint density at radius 3 is 2.80 bits per heavy atom. The van der Waals surface area contributed by atoms with Gasteiger partial charge in [0.25, 0.3) is 0 Å². The molecule has 3 nitrogen and oxygen atoms in total. The van der Waals surface area contributed by atoms with Crippen LogP contribution in [0.15, 0.2) is 0 Å². The Bertz CT molecular complexity index is 100. The zero-order valence-corrected chi connectivity index (χ0v) is 5.58. The average molecular weight is 141 g/mol. The molecule has 4 rings (SSSR count). The second kappa shape index (κ2) is 1.72. The zero-order valence-electron chi connectivity index (χ0n) is 5.58. The fourth-order valence-corrected chi connectivity index (χ4v) is 1.85. The van der Waals surface area contributed by atoms with E-state index in [1.807, 2.05) is 0 Å². The normalized spacial score (nSPS) is 52.2. The molecule has 0 spiro atoms. The Morgan fingerprint density at radius 1 is 1.10 bits per heavy atom. The lowest BCUT2D eigenvalue weighted by molar-refractivity contribution is -0.364. The Balaban J connectivity index is 1.90. The van der Waals surface area contributed by atoms with Crippen molar-refractivity contribution in [1.82, 2.24) is 0 Å². The van der Waals surface area contributed by atoms with Crippen molar-refractivity contribution in [2.75, 3.05) is 0 Å². The van der Waals surface area contributed by atoms with Crippen molar-refractivity contribution in [3.05, 3.63) is 6.10 Å². The summed E-state index contributed by atoms with van der Waals surface area (Å²) < 4.78 is 16.3. The van der Waals surface area contributed by atoms with Gasteiger partial charge in [0.05, 0.1) is 6.10 Å². The highest BCUT2D eigenvalue weighted by Gasteiger charge is 2.45. The molecular weight excluding hydrogens is 132 g/mol. The second-order valence-corrected chi connectivity index (χ2v) is 3.05. The SMILES string of the molecule is C1[C]2CC3OC1CC(O2)O3. The lowest BCUT2D eigenvalue weighted by Crippen LogP contribution is -2.51. The van der Waals surface area contributed by atoms with Crippen LogP contribution in [0.1, 0.15) is 19.3 Å². The third kappa shape index (κ3) is 0.654. The van der Waals surface area contributed by atoms with E-state index in [4.69, 9.17) is 14.2 Å². The predicted octanol–water partition coefficient (Wildman–Crippen LogP) is 0.800. The summed E-state index contributed by atoms with van der Waals surface area (Å²) in [7, 11) is 0. The highest BCUT2D eigenvalue weighted by atomic mass is 16.8. The molecule has 0 N–H and O–H groups in total. The van der Waals surface area contributed by atoms with E-state index in [1.54, 1.807) is 0 Å². The third-order valence-corrected chi connectivity index (χ3v) is 2.25. The second-order valence-electron chi connectivity index (χ2n) is 3.05. The van der Waals surface area contributed by atoms with Gasteiger partial charge in [0, 0.05) is 19.3 Å². The molecule has 0 saturated carbocycles. The predicted molar refractivity (Wildman–Crippen MR) is 31.7 cm³/mol. The molecular formula is C7H9O3. The van der Waals surface area contributed by atoms with E-state index < -0.39 is 0 Å². The molecule has 4 aliphatic rings. The standard InChI is InChI=1S/C7H9O3/c1-4-2-6-9-5(1)3-7(8-4)10-6/h4,6-7H,1-3H2. The van der Waals surface area contributed by atoms with E-state index in [-0.39, 0.29) is 12.6 Å². The summed E-state index contributed by atoms with van der Waals surface area (Å²) in [6, 6.07) is 0. The molecule has 4 aliphatic heterocycles. The summed E-state index contributed by atoms with van der Waals surface area (Å²) in [5.41, 5.74) is 0. The zero-order chi connectivity index (χ0) is 6.55. The maximum Gasteiger partial charge on any atom is 0.164 e. The fourth-order valence-electron chi connectivity index (χ4n) is 1.85. The third-order valence-electron chi connectivity index (χ3n) is 2.25. The first kappa shape index (κ1) is 5.52. The Labute approximate surface area is 59.3 Å². The Hall–Kier alpha value is -0.120. The number of hydrogen-bond acceptors (Lipinski definition) is 3. The van der Waals surface area contributed by atoms with Gasteiger partial charge in [-0.3, -0.25) is 0 Å². The first-order valence-electron chi connectivity index (χ1n) is 3.72. The first-order valence-corrected chi connectivity index (χ1v) is 3.72. The van der Waals surface area contributed by atoms with Crippen LogP contribution in [-0.4, -0.2) is 18.7 Å². The van der Waals surface area contributed by atoms with Crippen LogP contribution in [0, 0.1) is 6.10 Å². The largest absolute Gasteiger partial charge is 0.349 e. The lowest BCUT2D eigenvalue weighted by atomic mass is 9.97. The fraction of sp³-hybridized carbons (Fsp3) is 0.857. The van der Waals surface area contributed by atoms with Crippen molar-refractivity contribution in [2.45, 2.75) is 37.9 Å². The minimum Gasteiger partial charge on any atom is -0.349 e. The molecule has 3 heteroatoms. The van der Waals surface area contributed by atoms with Crippen LogP contribution in [0.25, 0.3) is 0 Å². The molecule has 3 atom stereocenters. The summed E-state index contributed by atoms with van der Waals surface area (Å²) in [4.78, 5) is 0. The lowest BCUT2D eigenvalue weighted by Gasteiger charge is -2.48. The number of hydrogen-bond donors (Lipinski definition) is 0. The van der Waals surface area contributed by atoms with Crippen LogP contribution in [0.4, 0.5) is 0 Å². The molecule has 4 heterocycles. The summed E-state index contributed by atoms with van der Waals surface area (Å²) in [6.07, 6.45) is 4.37. The summed E-state index contributed by atoms with van der Waals surface area (Å²) in [5.74, 6) is 0. The van der Waals surface area contributed by atoms with Crippen molar-refractivity contribution in [3.63, 3.8) is 0 Å². The monoisotopic (exact) mass is 141 g/mol. The van der Waals surface area contributed by atoms with Crippen LogP contribution in [0.2, 0.25) is 0 Å². The Morgan fingerprint density at radius 2 is 2.10 bits per heavy atom. The molecule has 1 radical (unpaired) electrons. The molecule has 0 aliphatic carbocycles. The van der Waals surface area contributed by atoms with E-state index in [1.165, 1.54) is 6.10 Å². The van der Waals surface area contributed by atoms with Gasteiger partial charge < -0.3 is 14.2 Å². The molecule has 10 heavy (non-hydrogen) atoms. The molecule has 3 unspecified atom stereocenters. The maximum atomic E-state index is 5.50. The van der Waals surface area contributed by atoms with Gasteiger partial charge in [0.15, 0.2) is 12.6 Å². The van der Waals surface area contributed by atoms with Crippen LogP contribution in [0.5, 0.6) is 0 Å². The molecule has 55 valence electrons. The van der Waals surface area contributed by atoms with Gasteiger partial charge in [0.1, 0.15) is 6.10 Å². The summed E-state index contributed by atoms with van der Waals surface area (Å²) in [5, 5.41) is 0. The number of rotatable bonds is 0. The van der Waals surface area contributed by atoms with E-state index in [2.05, 4.69) is 0 Å².